The Morgan fingerprint density at radius 1 is 0.419 bits per heavy atom. The highest BCUT2D eigenvalue weighted by molar-refractivity contribution is 5.77. The lowest BCUT2D eigenvalue weighted by Crippen LogP contribution is -2.15. The summed E-state index contributed by atoms with van der Waals surface area (Å²) in [6.45, 7) is 9.27. The minimum atomic E-state index is 0.719. The molecule has 0 amide bonds. The molecule has 0 saturated carbocycles. The van der Waals surface area contributed by atoms with Gasteiger partial charge in [-0.15, -0.1) is 0 Å². The van der Waals surface area contributed by atoms with Crippen molar-refractivity contribution >= 4 is 45.5 Å². The average Bonchev–Trinajstić information content (AvgIpc) is 3.31. The Morgan fingerprint density at radius 3 is 1.44 bits per heavy atom. The van der Waals surface area contributed by atoms with Crippen molar-refractivity contribution in [2.45, 2.75) is 34.1 Å². The van der Waals surface area contributed by atoms with Gasteiger partial charge in [0.2, 0.25) is 0 Å². The van der Waals surface area contributed by atoms with Crippen molar-refractivity contribution in [3.05, 3.63) is 265 Å². The molecule has 4 heteroatoms. The maximum Gasteiger partial charge on any atom is 0.0464 e. The number of para-hydroxylation sites is 3. The van der Waals surface area contributed by atoms with Gasteiger partial charge in [0, 0.05) is 57.7 Å². The summed E-state index contributed by atoms with van der Waals surface area (Å²) < 4.78 is 0. The molecule has 0 bridgehead atoms. The summed E-state index contributed by atoms with van der Waals surface area (Å²) in [6.07, 6.45) is 7.64. The molecule has 0 saturated heterocycles. The Labute approximate surface area is 370 Å². The second kappa shape index (κ2) is 23.9. The van der Waals surface area contributed by atoms with E-state index in [0.717, 1.165) is 64.2 Å². The van der Waals surface area contributed by atoms with Crippen LogP contribution in [0.2, 0.25) is 0 Å². The van der Waals surface area contributed by atoms with Crippen molar-refractivity contribution in [2.24, 2.45) is 0 Å². The van der Waals surface area contributed by atoms with Gasteiger partial charge in [-0.25, -0.2) is 0 Å². The van der Waals surface area contributed by atoms with Crippen LogP contribution in [-0.2, 0) is 0 Å². The number of allylic oxidation sites excluding steroid dienone is 2. The summed E-state index contributed by atoms with van der Waals surface area (Å²) in [5, 5.41) is 6.92. The molecule has 0 radical (unpaired) electrons. The lowest BCUT2D eigenvalue weighted by Gasteiger charge is -2.27. The number of anilines is 8. The van der Waals surface area contributed by atoms with Gasteiger partial charge in [0.25, 0.3) is 0 Å². The summed E-state index contributed by atoms with van der Waals surface area (Å²) in [6, 6.07) is 77.6. The molecule has 0 aliphatic rings. The first-order valence-electron chi connectivity index (χ1n) is 21.4. The van der Waals surface area contributed by atoms with Crippen LogP contribution >= 0.6 is 0 Å². The zero-order valence-electron chi connectivity index (χ0n) is 36.4. The normalized spacial score (nSPS) is 10.7. The molecule has 8 aromatic rings. The van der Waals surface area contributed by atoms with Gasteiger partial charge >= 0.3 is 0 Å². The second-order valence-electron chi connectivity index (χ2n) is 14.9. The van der Waals surface area contributed by atoms with Crippen LogP contribution in [0.15, 0.2) is 248 Å². The molecule has 0 atom stereocenters. The quantitative estimate of drug-likeness (QED) is 0.114. The van der Waals surface area contributed by atoms with Gasteiger partial charge in [-0.3, -0.25) is 0 Å². The predicted molar refractivity (Wildman–Crippen MR) is 269 cm³/mol. The molecule has 0 spiro atoms. The predicted octanol–water partition coefficient (Wildman–Crippen LogP) is 16.3. The van der Waals surface area contributed by atoms with E-state index in [1.54, 1.807) is 0 Å². The van der Waals surface area contributed by atoms with Gasteiger partial charge < -0.3 is 20.4 Å². The third-order valence-electron chi connectivity index (χ3n) is 9.81. The molecule has 8 aromatic carbocycles. The fourth-order valence-electron chi connectivity index (χ4n) is 6.91. The molecule has 0 aromatic heterocycles. The van der Waals surface area contributed by atoms with E-state index in [1.807, 2.05) is 54.6 Å². The summed E-state index contributed by atoms with van der Waals surface area (Å²) in [7, 11) is 0. The number of aryl methyl sites for hydroxylation is 3. The van der Waals surface area contributed by atoms with Crippen LogP contribution in [0.4, 0.5) is 45.5 Å². The fourth-order valence-corrected chi connectivity index (χ4v) is 6.91. The van der Waals surface area contributed by atoms with Crippen LogP contribution in [0.1, 0.15) is 30.0 Å². The first-order chi connectivity index (χ1) is 30.5. The first kappa shape index (κ1) is 44.0. The smallest absolute Gasteiger partial charge is 0.0464 e. The fraction of sp³-hybridized carbons (Fsp3) is 0.103. The van der Waals surface area contributed by atoms with Gasteiger partial charge in [-0.2, -0.15) is 0 Å². The van der Waals surface area contributed by atoms with Crippen molar-refractivity contribution in [2.75, 3.05) is 27.0 Å². The minimum Gasteiger partial charge on any atom is -0.382 e. The molecule has 4 nitrogen and oxygen atoms in total. The van der Waals surface area contributed by atoms with E-state index in [1.165, 1.54) is 16.7 Å². The van der Waals surface area contributed by atoms with Crippen LogP contribution in [0.5, 0.6) is 0 Å². The zero-order chi connectivity index (χ0) is 43.2. The number of nitrogens with one attached hydrogen (secondary N) is 2. The SMILES string of the molecule is CC/C=C(\C=C/CNc1ccc(N(c2ccccc2)c2cccc(C)c2)cc1)N(c1ccccc1)c1cccc(C)c1.Cc1cccc(Nc2ccccc2)c1.c1ccccc1. The van der Waals surface area contributed by atoms with Crippen LogP contribution < -0.4 is 20.4 Å². The second-order valence-corrected chi connectivity index (χ2v) is 14.9. The molecule has 62 heavy (non-hydrogen) atoms. The summed E-state index contributed by atoms with van der Waals surface area (Å²) in [4.78, 5) is 4.62. The number of hydrogen-bond donors (Lipinski definition) is 2. The standard InChI is InChI=1S/C39H39N3.C13H13N.C6H6/c1-4-14-34(41(35-17-7-5-8-18-35)38-21-11-15-31(2)29-38)23-13-28-40-33-24-26-37(27-25-33)42(36-19-9-6-10-20-36)39-22-12-16-32(3)30-39;1-11-6-5-9-13(10-11)14-12-7-3-2-4-8-12;1-2-4-6-5-3-1/h5-27,29-30,40H,4,28H2,1-3H3;2-10,14H,1H3;1-6H/b23-13-,34-14+;;. The van der Waals surface area contributed by atoms with Gasteiger partial charge in [0.1, 0.15) is 0 Å². The van der Waals surface area contributed by atoms with Crippen molar-refractivity contribution in [3.8, 4) is 0 Å². The molecule has 310 valence electrons. The van der Waals surface area contributed by atoms with Crippen molar-refractivity contribution in [1.82, 2.24) is 0 Å². The molecular weight excluding hydrogens is 753 g/mol. The Balaban J connectivity index is 0.000000260. The highest BCUT2D eigenvalue weighted by Gasteiger charge is 2.14. The Kier molecular flexibility index (Phi) is 17.0. The number of hydrogen-bond acceptors (Lipinski definition) is 4. The Morgan fingerprint density at radius 2 is 0.871 bits per heavy atom. The lowest BCUT2D eigenvalue weighted by atomic mass is 10.1. The van der Waals surface area contributed by atoms with E-state index in [-0.39, 0.29) is 0 Å². The van der Waals surface area contributed by atoms with E-state index in [0.29, 0.717) is 0 Å². The van der Waals surface area contributed by atoms with Crippen LogP contribution in [0.25, 0.3) is 0 Å². The average molecular weight is 811 g/mol. The molecule has 0 aliphatic carbocycles. The van der Waals surface area contributed by atoms with Crippen molar-refractivity contribution in [3.63, 3.8) is 0 Å². The van der Waals surface area contributed by atoms with Crippen LogP contribution in [-0.4, -0.2) is 6.54 Å². The summed E-state index contributed by atoms with van der Waals surface area (Å²) in [5.41, 5.74) is 14.0. The molecule has 0 unspecified atom stereocenters. The number of nitrogens with zero attached hydrogens (tertiary/aromatic N) is 2. The highest BCUT2D eigenvalue weighted by Crippen LogP contribution is 2.35. The van der Waals surface area contributed by atoms with Gasteiger partial charge in [-0.1, -0.05) is 146 Å². The summed E-state index contributed by atoms with van der Waals surface area (Å²) in [5.74, 6) is 0. The topological polar surface area (TPSA) is 30.5 Å². The van der Waals surface area contributed by atoms with E-state index in [4.69, 9.17) is 0 Å². The largest absolute Gasteiger partial charge is 0.382 e. The molecule has 0 aliphatic heterocycles. The van der Waals surface area contributed by atoms with Gasteiger partial charge in [0.15, 0.2) is 0 Å². The minimum absolute atomic E-state index is 0.719. The van der Waals surface area contributed by atoms with Crippen molar-refractivity contribution < 1.29 is 0 Å². The molecule has 0 fully saturated rings. The molecular formula is C58H58N4. The third kappa shape index (κ3) is 13.8. The van der Waals surface area contributed by atoms with E-state index < -0.39 is 0 Å². The van der Waals surface area contributed by atoms with Crippen LogP contribution in [0, 0.1) is 20.8 Å². The summed E-state index contributed by atoms with van der Waals surface area (Å²) >= 11 is 0. The van der Waals surface area contributed by atoms with E-state index in [9.17, 15) is 0 Å². The Hall–Kier alpha value is -7.56. The molecule has 0 heterocycles. The first-order valence-corrected chi connectivity index (χ1v) is 21.4. The van der Waals surface area contributed by atoms with Crippen molar-refractivity contribution in [1.29, 1.82) is 0 Å². The van der Waals surface area contributed by atoms with E-state index in [2.05, 4.69) is 236 Å². The third-order valence-corrected chi connectivity index (χ3v) is 9.81. The number of benzene rings is 8. The highest BCUT2D eigenvalue weighted by atomic mass is 15.1. The zero-order valence-corrected chi connectivity index (χ0v) is 36.4. The monoisotopic (exact) mass is 810 g/mol. The van der Waals surface area contributed by atoms with Gasteiger partial charge in [0.05, 0.1) is 0 Å². The van der Waals surface area contributed by atoms with E-state index >= 15 is 0 Å². The number of rotatable bonds is 13. The van der Waals surface area contributed by atoms with Crippen LogP contribution in [0.3, 0.4) is 0 Å². The molecule has 8 rings (SSSR count). The Bertz CT molecular complexity index is 2520. The maximum absolute atomic E-state index is 3.57. The lowest BCUT2D eigenvalue weighted by molar-refractivity contribution is 1.13. The molecule has 2 N–H and O–H groups in total. The van der Waals surface area contributed by atoms with Gasteiger partial charge in [-0.05, 0) is 147 Å². The maximum atomic E-state index is 3.57.